The normalized spacial score (nSPS) is 28.5. The van der Waals surface area contributed by atoms with Crippen LogP contribution in [0.3, 0.4) is 0 Å². The van der Waals surface area contributed by atoms with Gasteiger partial charge >= 0.3 is 5.97 Å². The van der Waals surface area contributed by atoms with Crippen molar-refractivity contribution >= 4 is 5.97 Å². The molecule has 2 N–H and O–H groups in total. The number of hydrogen-bond donors (Lipinski definition) is 2. The molecule has 5 heteroatoms. The molecular weight excluding hydrogens is 200 g/mol. The third-order valence-corrected chi connectivity index (χ3v) is 2.48. The number of rotatable bonds is 4. The first kappa shape index (κ1) is 12.4. The highest BCUT2D eigenvalue weighted by Gasteiger charge is 2.30. The van der Waals surface area contributed by atoms with Crippen LogP contribution in [0.5, 0.6) is 0 Å². The monoisotopic (exact) mass is 218 g/mol. The van der Waals surface area contributed by atoms with Crippen molar-refractivity contribution in [2.24, 2.45) is 5.92 Å². The molecule has 0 aliphatic carbocycles. The van der Waals surface area contributed by atoms with Crippen molar-refractivity contribution in [1.29, 1.82) is 0 Å². The van der Waals surface area contributed by atoms with Gasteiger partial charge in [0.2, 0.25) is 0 Å². The summed E-state index contributed by atoms with van der Waals surface area (Å²) >= 11 is 0. The summed E-state index contributed by atoms with van der Waals surface area (Å²) in [7, 11) is 0. The highest BCUT2D eigenvalue weighted by Crippen LogP contribution is 2.20. The van der Waals surface area contributed by atoms with E-state index in [0.717, 1.165) is 12.8 Å². The Kier molecular flexibility index (Phi) is 5.01. The SMILES string of the molecule is CC1CCCOC1C(=O)OC[C@@H](O)CO. The molecule has 15 heavy (non-hydrogen) atoms. The van der Waals surface area contributed by atoms with E-state index in [0.29, 0.717) is 6.61 Å². The van der Waals surface area contributed by atoms with Crippen LogP contribution in [0.15, 0.2) is 0 Å². The van der Waals surface area contributed by atoms with Crippen LogP contribution in [0.2, 0.25) is 0 Å². The second-order valence-corrected chi connectivity index (χ2v) is 3.88. The Morgan fingerprint density at radius 2 is 2.40 bits per heavy atom. The molecule has 88 valence electrons. The molecule has 0 radical (unpaired) electrons. The number of ether oxygens (including phenoxy) is 2. The van der Waals surface area contributed by atoms with Crippen molar-refractivity contribution in [1.82, 2.24) is 0 Å². The van der Waals surface area contributed by atoms with Crippen molar-refractivity contribution in [2.75, 3.05) is 19.8 Å². The molecule has 0 saturated carbocycles. The molecule has 0 spiro atoms. The molecule has 1 aliphatic rings. The van der Waals surface area contributed by atoms with E-state index < -0.39 is 24.8 Å². The van der Waals surface area contributed by atoms with E-state index in [-0.39, 0.29) is 12.5 Å². The number of esters is 1. The van der Waals surface area contributed by atoms with Gasteiger partial charge in [-0.1, -0.05) is 6.92 Å². The Morgan fingerprint density at radius 1 is 1.67 bits per heavy atom. The zero-order valence-corrected chi connectivity index (χ0v) is 8.89. The fourth-order valence-corrected chi connectivity index (χ4v) is 1.54. The molecule has 0 bridgehead atoms. The van der Waals surface area contributed by atoms with E-state index in [4.69, 9.17) is 19.7 Å². The lowest BCUT2D eigenvalue weighted by Gasteiger charge is -2.27. The second kappa shape index (κ2) is 6.05. The van der Waals surface area contributed by atoms with Crippen LogP contribution in [-0.2, 0) is 14.3 Å². The number of aliphatic hydroxyl groups excluding tert-OH is 2. The molecule has 1 saturated heterocycles. The van der Waals surface area contributed by atoms with Gasteiger partial charge < -0.3 is 19.7 Å². The molecule has 5 nitrogen and oxygen atoms in total. The Hall–Kier alpha value is -0.650. The lowest BCUT2D eigenvalue weighted by molar-refractivity contribution is -0.167. The molecule has 0 aromatic rings. The summed E-state index contributed by atoms with van der Waals surface area (Å²) in [5.74, 6) is -0.299. The molecule has 3 atom stereocenters. The topological polar surface area (TPSA) is 76.0 Å². The van der Waals surface area contributed by atoms with Gasteiger partial charge in [-0.3, -0.25) is 0 Å². The van der Waals surface area contributed by atoms with Gasteiger partial charge in [0.15, 0.2) is 6.10 Å². The summed E-state index contributed by atoms with van der Waals surface area (Å²) in [6.45, 7) is 1.93. The molecule has 0 aromatic carbocycles. The maximum Gasteiger partial charge on any atom is 0.335 e. The van der Waals surface area contributed by atoms with E-state index in [2.05, 4.69) is 0 Å². The van der Waals surface area contributed by atoms with E-state index in [9.17, 15) is 4.79 Å². The Morgan fingerprint density at radius 3 is 3.00 bits per heavy atom. The predicted molar refractivity (Wildman–Crippen MR) is 52.2 cm³/mol. The highest BCUT2D eigenvalue weighted by molar-refractivity contribution is 5.75. The van der Waals surface area contributed by atoms with Crippen molar-refractivity contribution in [3.8, 4) is 0 Å². The van der Waals surface area contributed by atoms with Crippen LogP contribution >= 0.6 is 0 Å². The maximum absolute atomic E-state index is 11.5. The van der Waals surface area contributed by atoms with Crippen molar-refractivity contribution in [3.63, 3.8) is 0 Å². The number of carbonyl (C=O) groups is 1. The smallest absolute Gasteiger partial charge is 0.335 e. The molecule has 1 heterocycles. The first-order valence-corrected chi connectivity index (χ1v) is 5.22. The van der Waals surface area contributed by atoms with Crippen LogP contribution in [0.1, 0.15) is 19.8 Å². The minimum absolute atomic E-state index is 0.150. The number of aliphatic hydroxyl groups is 2. The molecule has 1 rings (SSSR count). The summed E-state index contributed by atoms with van der Waals surface area (Å²) in [5.41, 5.74) is 0. The average Bonchev–Trinajstić information content (AvgIpc) is 2.26. The van der Waals surface area contributed by atoms with Gasteiger partial charge in [0.1, 0.15) is 12.7 Å². The minimum atomic E-state index is -1.01. The first-order chi connectivity index (χ1) is 7.15. The summed E-state index contributed by atoms with van der Waals surface area (Å²) in [6, 6.07) is 0. The van der Waals surface area contributed by atoms with E-state index in [1.54, 1.807) is 0 Å². The lowest BCUT2D eigenvalue weighted by atomic mass is 9.97. The first-order valence-electron chi connectivity index (χ1n) is 5.22. The van der Waals surface area contributed by atoms with Crippen LogP contribution < -0.4 is 0 Å². The quantitative estimate of drug-likeness (QED) is 0.633. The van der Waals surface area contributed by atoms with Gasteiger partial charge in [-0.15, -0.1) is 0 Å². The van der Waals surface area contributed by atoms with Crippen molar-refractivity contribution in [3.05, 3.63) is 0 Å². The van der Waals surface area contributed by atoms with Crippen LogP contribution in [0.4, 0.5) is 0 Å². The largest absolute Gasteiger partial charge is 0.461 e. The molecular formula is C10H18O5. The minimum Gasteiger partial charge on any atom is -0.461 e. The fourth-order valence-electron chi connectivity index (χ4n) is 1.54. The Labute approximate surface area is 89.0 Å². The van der Waals surface area contributed by atoms with Crippen LogP contribution in [0, 0.1) is 5.92 Å². The zero-order chi connectivity index (χ0) is 11.3. The third kappa shape index (κ3) is 3.77. The Bertz CT molecular complexity index is 206. The summed E-state index contributed by atoms with van der Waals surface area (Å²) < 4.78 is 10.1. The van der Waals surface area contributed by atoms with Crippen LogP contribution in [0.25, 0.3) is 0 Å². The van der Waals surface area contributed by atoms with E-state index in [1.165, 1.54) is 0 Å². The predicted octanol–water partition coefficient (Wildman–Crippen LogP) is -0.302. The van der Waals surface area contributed by atoms with Gasteiger partial charge in [0, 0.05) is 6.61 Å². The molecule has 1 fully saturated rings. The maximum atomic E-state index is 11.5. The van der Waals surface area contributed by atoms with E-state index >= 15 is 0 Å². The van der Waals surface area contributed by atoms with Crippen molar-refractivity contribution < 1.29 is 24.5 Å². The summed E-state index contributed by atoms with van der Waals surface area (Å²) in [5, 5.41) is 17.5. The van der Waals surface area contributed by atoms with Gasteiger partial charge in [-0.2, -0.15) is 0 Å². The zero-order valence-electron chi connectivity index (χ0n) is 8.89. The summed E-state index contributed by atoms with van der Waals surface area (Å²) in [6.07, 6.45) is 0.379. The van der Waals surface area contributed by atoms with Gasteiger partial charge in [-0.25, -0.2) is 4.79 Å². The molecule has 2 unspecified atom stereocenters. The van der Waals surface area contributed by atoms with E-state index in [1.807, 2.05) is 6.92 Å². The van der Waals surface area contributed by atoms with Crippen molar-refractivity contribution in [2.45, 2.75) is 32.0 Å². The highest BCUT2D eigenvalue weighted by atomic mass is 16.6. The standard InChI is InChI=1S/C10H18O5/c1-7-3-2-4-14-9(7)10(13)15-6-8(12)5-11/h7-9,11-12H,2-6H2,1H3/t7?,8-,9?/m0/s1. The summed E-state index contributed by atoms with van der Waals surface area (Å²) in [4.78, 5) is 11.5. The molecule has 1 aliphatic heterocycles. The fraction of sp³-hybridized carbons (Fsp3) is 0.900. The van der Waals surface area contributed by atoms with Gasteiger partial charge in [0.05, 0.1) is 6.61 Å². The molecule has 0 amide bonds. The second-order valence-electron chi connectivity index (χ2n) is 3.88. The van der Waals surface area contributed by atoms with Gasteiger partial charge in [-0.05, 0) is 18.8 Å². The van der Waals surface area contributed by atoms with Gasteiger partial charge in [0.25, 0.3) is 0 Å². The average molecular weight is 218 g/mol. The third-order valence-electron chi connectivity index (χ3n) is 2.48. The molecule has 0 aromatic heterocycles. The number of carbonyl (C=O) groups excluding carboxylic acids is 1. The Balaban J connectivity index is 2.32. The number of hydrogen-bond acceptors (Lipinski definition) is 5. The lowest BCUT2D eigenvalue weighted by Crippen LogP contribution is -2.37. The van der Waals surface area contributed by atoms with Crippen LogP contribution in [-0.4, -0.2) is 48.2 Å².